The fourth-order valence-electron chi connectivity index (χ4n) is 4.34. The number of amides is 1. The molecule has 4 rings (SSSR count). The summed E-state index contributed by atoms with van der Waals surface area (Å²) in [5.41, 5.74) is 2.92. The average Bonchev–Trinajstić information content (AvgIpc) is 2.84. The van der Waals surface area contributed by atoms with Gasteiger partial charge >= 0.3 is 0 Å². The first-order chi connectivity index (χ1) is 15.6. The molecule has 0 unspecified atom stereocenters. The molecular weight excluding hydrogens is 396 g/mol. The van der Waals surface area contributed by atoms with Gasteiger partial charge < -0.3 is 9.80 Å². The van der Waals surface area contributed by atoms with Gasteiger partial charge in [0.05, 0.1) is 0 Å². The van der Waals surface area contributed by atoms with E-state index in [9.17, 15) is 4.79 Å². The maximum atomic E-state index is 13.1. The van der Waals surface area contributed by atoms with Crippen LogP contribution in [0.4, 0.5) is 5.82 Å². The van der Waals surface area contributed by atoms with Crippen molar-refractivity contribution < 1.29 is 4.79 Å². The molecule has 1 aromatic heterocycles. The Bertz CT molecular complexity index is 981. The molecule has 5 heteroatoms. The summed E-state index contributed by atoms with van der Waals surface area (Å²) in [6.07, 6.45) is 3.44. The minimum absolute atomic E-state index is 0.0767. The lowest BCUT2D eigenvalue weighted by Crippen LogP contribution is -2.37. The van der Waals surface area contributed by atoms with Crippen molar-refractivity contribution >= 4 is 11.7 Å². The largest absolute Gasteiger partial charge is 0.355 e. The molecular formula is C27H32N4O. The highest BCUT2D eigenvalue weighted by molar-refractivity contribution is 5.92. The Labute approximate surface area is 191 Å². The number of anilines is 1. The van der Waals surface area contributed by atoms with Gasteiger partial charge in [0.1, 0.15) is 0 Å². The molecule has 32 heavy (non-hydrogen) atoms. The number of hydrogen-bond acceptors (Lipinski definition) is 4. The number of rotatable bonds is 7. The van der Waals surface area contributed by atoms with E-state index in [1.807, 2.05) is 61.2 Å². The zero-order valence-electron chi connectivity index (χ0n) is 19.0. The van der Waals surface area contributed by atoms with Crippen LogP contribution in [-0.4, -0.2) is 40.1 Å². The maximum absolute atomic E-state index is 13.1. The third-order valence-corrected chi connectivity index (χ3v) is 6.26. The van der Waals surface area contributed by atoms with Gasteiger partial charge in [-0.2, -0.15) is 0 Å². The van der Waals surface area contributed by atoms with Gasteiger partial charge in [-0.15, -0.1) is 10.2 Å². The van der Waals surface area contributed by atoms with Crippen LogP contribution in [0.2, 0.25) is 0 Å². The number of aromatic nitrogens is 2. The molecule has 1 aliphatic heterocycles. The smallest absolute Gasteiger partial charge is 0.274 e. The van der Waals surface area contributed by atoms with Gasteiger partial charge in [-0.25, -0.2) is 0 Å². The number of benzene rings is 2. The molecule has 2 aromatic carbocycles. The van der Waals surface area contributed by atoms with E-state index in [2.05, 4.69) is 45.4 Å². The predicted octanol–water partition coefficient (Wildman–Crippen LogP) is 4.99. The summed E-state index contributed by atoms with van der Waals surface area (Å²) in [4.78, 5) is 17.2. The van der Waals surface area contributed by atoms with E-state index in [4.69, 9.17) is 0 Å². The van der Waals surface area contributed by atoms with Crippen molar-refractivity contribution in [3.8, 4) is 0 Å². The van der Waals surface area contributed by atoms with Crippen LogP contribution in [0.1, 0.15) is 48.3 Å². The molecule has 0 N–H and O–H groups in total. The highest BCUT2D eigenvalue weighted by Gasteiger charge is 2.23. The normalized spacial score (nSPS) is 14.5. The standard InChI is InChI=1S/C27H32N4O/c1-21(2)31(20-24-11-7-4-8-12-24)27(32)25-13-14-26(29-28-25)30-17-15-23(16-18-30)19-22-9-5-3-6-10-22/h3-14,21,23H,15-20H2,1-2H3. The molecule has 1 fully saturated rings. The van der Waals surface area contributed by atoms with E-state index in [0.29, 0.717) is 18.2 Å². The molecule has 166 valence electrons. The first kappa shape index (κ1) is 22.0. The van der Waals surface area contributed by atoms with E-state index in [1.54, 1.807) is 0 Å². The van der Waals surface area contributed by atoms with Gasteiger partial charge in [0.25, 0.3) is 5.91 Å². The number of carbonyl (C=O) groups excluding carboxylic acids is 1. The monoisotopic (exact) mass is 428 g/mol. The van der Waals surface area contributed by atoms with Gasteiger partial charge in [-0.1, -0.05) is 60.7 Å². The zero-order valence-corrected chi connectivity index (χ0v) is 19.0. The van der Waals surface area contributed by atoms with Crippen molar-refractivity contribution in [3.05, 3.63) is 89.6 Å². The highest BCUT2D eigenvalue weighted by Crippen LogP contribution is 2.24. The van der Waals surface area contributed by atoms with Gasteiger partial charge in [0, 0.05) is 25.7 Å². The van der Waals surface area contributed by atoms with Gasteiger partial charge in [0.2, 0.25) is 0 Å². The van der Waals surface area contributed by atoms with E-state index in [0.717, 1.165) is 43.7 Å². The molecule has 2 heterocycles. The summed E-state index contributed by atoms with van der Waals surface area (Å²) >= 11 is 0. The number of piperidine rings is 1. The molecule has 3 aromatic rings. The van der Waals surface area contributed by atoms with E-state index < -0.39 is 0 Å². The van der Waals surface area contributed by atoms with Crippen molar-refractivity contribution in [1.29, 1.82) is 0 Å². The SMILES string of the molecule is CC(C)N(Cc1ccccc1)C(=O)c1ccc(N2CCC(Cc3ccccc3)CC2)nn1. The molecule has 1 amide bonds. The lowest BCUT2D eigenvalue weighted by atomic mass is 9.90. The summed E-state index contributed by atoms with van der Waals surface area (Å²) < 4.78 is 0. The molecule has 0 aliphatic carbocycles. The Balaban J connectivity index is 1.35. The molecule has 5 nitrogen and oxygen atoms in total. The number of nitrogens with zero attached hydrogens (tertiary/aromatic N) is 4. The van der Waals surface area contributed by atoms with Crippen LogP contribution < -0.4 is 4.90 Å². The van der Waals surface area contributed by atoms with Crippen LogP contribution in [0.3, 0.4) is 0 Å². The minimum Gasteiger partial charge on any atom is -0.355 e. The summed E-state index contributed by atoms with van der Waals surface area (Å²) in [6.45, 7) is 6.58. The molecule has 0 bridgehead atoms. The number of hydrogen-bond donors (Lipinski definition) is 0. The Morgan fingerprint density at radius 3 is 2.09 bits per heavy atom. The van der Waals surface area contributed by atoms with Gasteiger partial charge in [0.15, 0.2) is 11.5 Å². The second-order valence-corrected chi connectivity index (χ2v) is 8.91. The first-order valence-corrected chi connectivity index (χ1v) is 11.6. The lowest BCUT2D eigenvalue weighted by Gasteiger charge is -2.32. The van der Waals surface area contributed by atoms with E-state index in [1.165, 1.54) is 5.56 Å². The molecule has 0 radical (unpaired) electrons. The zero-order chi connectivity index (χ0) is 22.3. The summed E-state index contributed by atoms with van der Waals surface area (Å²) in [5, 5.41) is 8.71. The second-order valence-electron chi connectivity index (χ2n) is 8.91. The van der Waals surface area contributed by atoms with Crippen molar-refractivity contribution in [3.63, 3.8) is 0 Å². The fraction of sp³-hybridized carbons (Fsp3) is 0.370. The lowest BCUT2D eigenvalue weighted by molar-refractivity contribution is 0.0683. The van der Waals surface area contributed by atoms with Crippen LogP contribution >= 0.6 is 0 Å². The predicted molar refractivity (Wildman–Crippen MR) is 129 cm³/mol. The minimum atomic E-state index is -0.0792. The first-order valence-electron chi connectivity index (χ1n) is 11.6. The molecule has 0 spiro atoms. The average molecular weight is 429 g/mol. The highest BCUT2D eigenvalue weighted by atomic mass is 16.2. The Morgan fingerprint density at radius 2 is 1.53 bits per heavy atom. The summed E-state index contributed by atoms with van der Waals surface area (Å²) in [6, 6.07) is 24.6. The Kier molecular flexibility index (Phi) is 7.15. The van der Waals surface area contributed by atoms with Crippen molar-refractivity contribution in [2.45, 2.75) is 45.7 Å². The molecule has 0 atom stereocenters. The maximum Gasteiger partial charge on any atom is 0.274 e. The molecule has 1 aliphatic rings. The Hall–Kier alpha value is -3.21. The molecule has 1 saturated heterocycles. The van der Waals surface area contributed by atoms with Crippen LogP contribution in [0, 0.1) is 5.92 Å². The Morgan fingerprint density at radius 1 is 0.906 bits per heavy atom. The second kappa shape index (κ2) is 10.4. The van der Waals surface area contributed by atoms with Crippen molar-refractivity contribution in [2.24, 2.45) is 5.92 Å². The number of carbonyl (C=O) groups is 1. The van der Waals surface area contributed by atoms with E-state index in [-0.39, 0.29) is 11.9 Å². The quantitative estimate of drug-likeness (QED) is 0.532. The fourth-order valence-corrected chi connectivity index (χ4v) is 4.34. The van der Waals surface area contributed by atoms with Crippen LogP contribution in [0.25, 0.3) is 0 Å². The van der Waals surface area contributed by atoms with Gasteiger partial charge in [-0.05, 0) is 62.3 Å². The van der Waals surface area contributed by atoms with Crippen molar-refractivity contribution in [2.75, 3.05) is 18.0 Å². The molecule has 0 saturated carbocycles. The van der Waals surface area contributed by atoms with Gasteiger partial charge in [-0.3, -0.25) is 4.79 Å². The van der Waals surface area contributed by atoms with Crippen molar-refractivity contribution in [1.82, 2.24) is 15.1 Å². The van der Waals surface area contributed by atoms with Crippen LogP contribution in [0.15, 0.2) is 72.8 Å². The van der Waals surface area contributed by atoms with Crippen LogP contribution in [0.5, 0.6) is 0 Å². The summed E-state index contributed by atoms with van der Waals surface area (Å²) in [7, 11) is 0. The summed E-state index contributed by atoms with van der Waals surface area (Å²) in [5.74, 6) is 1.49. The van der Waals surface area contributed by atoms with E-state index >= 15 is 0 Å². The van der Waals surface area contributed by atoms with Crippen LogP contribution in [-0.2, 0) is 13.0 Å². The third-order valence-electron chi connectivity index (χ3n) is 6.26. The topological polar surface area (TPSA) is 49.3 Å². The third kappa shape index (κ3) is 5.52.